The lowest BCUT2D eigenvalue weighted by atomic mass is 10.2. The first-order chi connectivity index (χ1) is 12.9. The number of aromatic nitrogens is 1. The van der Waals surface area contributed by atoms with Gasteiger partial charge in [0.2, 0.25) is 0 Å². The summed E-state index contributed by atoms with van der Waals surface area (Å²) in [5, 5.41) is 1.38. The Bertz CT molecular complexity index is 966. The Morgan fingerprint density at radius 3 is 2.63 bits per heavy atom. The van der Waals surface area contributed by atoms with Crippen LogP contribution in [-0.4, -0.2) is 43.0 Å². The molecule has 2 aromatic carbocycles. The molecule has 1 amide bonds. The largest absolute Gasteiger partial charge is 0.308 e. The topological polar surface area (TPSA) is 36.4 Å². The summed E-state index contributed by atoms with van der Waals surface area (Å²) in [6.07, 6.45) is 3.44. The Balaban J connectivity index is 1.92. The van der Waals surface area contributed by atoms with Gasteiger partial charge in [0.25, 0.3) is 5.91 Å². The predicted molar refractivity (Wildman–Crippen MR) is 116 cm³/mol. The van der Waals surface area contributed by atoms with Gasteiger partial charge in [-0.3, -0.25) is 9.69 Å². The van der Waals surface area contributed by atoms with Crippen LogP contribution in [-0.2, 0) is 4.79 Å². The molecule has 0 saturated carbocycles. The van der Waals surface area contributed by atoms with Crippen LogP contribution >= 0.6 is 22.9 Å². The summed E-state index contributed by atoms with van der Waals surface area (Å²) in [6.45, 7) is 3.30. The molecule has 140 valence electrons. The highest BCUT2D eigenvalue weighted by Crippen LogP contribution is 2.33. The van der Waals surface area contributed by atoms with E-state index < -0.39 is 0 Å². The summed E-state index contributed by atoms with van der Waals surface area (Å²) in [5.74, 6) is -0.0801. The maximum absolute atomic E-state index is 12.9. The second kappa shape index (κ2) is 8.65. The zero-order valence-corrected chi connectivity index (χ0v) is 17.2. The van der Waals surface area contributed by atoms with E-state index in [2.05, 4.69) is 4.90 Å². The van der Waals surface area contributed by atoms with Crippen molar-refractivity contribution in [3.8, 4) is 0 Å². The van der Waals surface area contributed by atoms with E-state index in [0.717, 1.165) is 27.9 Å². The maximum Gasteiger partial charge on any atom is 0.252 e. The van der Waals surface area contributed by atoms with Gasteiger partial charge in [-0.15, -0.1) is 0 Å². The highest BCUT2D eigenvalue weighted by Gasteiger charge is 2.19. The lowest BCUT2D eigenvalue weighted by Gasteiger charge is -2.20. The van der Waals surface area contributed by atoms with Gasteiger partial charge < -0.3 is 4.90 Å². The molecule has 0 aliphatic rings. The van der Waals surface area contributed by atoms with E-state index in [-0.39, 0.29) is 5.91 Å². The van der Waals surface area contributed by atoms with Crippen LogP contribution in [0, 0.1) is 6.92 Å². The summed E-state index contributed by atoms with van der Waals surface area (Å²) >= 11 is 7.67. The number of carbonyl (C=O) groups excluding carboxylic acids is 1. The minimum Gasteiger partial charge on any atom is -0.308 e. The molecule has 0 bridgehead atoms. The molecule has 0 aliphatic carbocycles. The Morgan fingerprint density at radius 2 is 1.93 bits per heavy atom. The number of likely N-dealkylation sites (N-methyl/N-ethyl adjacent to an activating group) is 1. The first kappa shape index (κ1) is 19.5. The molecule has 4 nitrogen and oxygen atoms in total. The third-order valence-corrected chi connectivity index (χ3v) is 5.37. The number of amides is 1. The molecule has 6 heteroatoms. The van der Waals surface area contributed by atoms with Crippen molar-refractivity contribution in [3.05, 3.63) is 64.7 Å². The fourth-order valence-electron chi connectivity index (χ4n) is 2.68. The van der Waals surface area contributed by atoms with Crippen molar-refractivity contribution in [3.63, 3.8) is 0 Å². The van der Waals surface area contributed by atoms with E-state index in [1.54, 1.807) is 11.0 Å². The number of aryl methyl sites for hydroxylation is 1. The summed E-state index contributed by atoms with van der Waals surface area (Å²) in [4.78, 5) is 21.4. The molecule has 0 radical (unpaired) electrons. The summed E-state index contributed by atoms with van der Waals surface area (Å²) in [5.41, 5.74) is 2.90. The molecule has 0 saturated heterocycles. The molecule has 0 unspecified atom stereocenters. The van der Waals surface area contributed by atoms with Crippen LogP contribution in [0.25, 0.3) is 16.3 Å². The highest BCUT2D eigenvalue weighted by atomic mass is 35.5. The molecule has 0 N–H and O–H groups in total. The normalized spacial score (nSPS) is 11.6. The Morgan fingerprint density at radius 1 is 1.19 bits per heavy atom. The zero-order valence-electron chi connectivity index (χ0n) is 15.6. The zero-order chi connectivity index (χ0) is 19.4. The van der Waals surface area contributed by atoms with Crippen LogP contribution in [0.2, 0.25) is 5.02 Å². The van der Waals surface area contributed by atoms with E-state index in [4.69, 9.17) is 16.6 Å². The molecule has 0 fully saturated rings. The summed E-state index contributed by atoms with van der Waals surface area (Å²) in [6, 6.07) is 13.6. The van der Waals surface area contributed by atoms with Crippen molar-refractivity contribution in [2.75, 3.05) is 32.1 Å². The fourth-order valence-corrected chi connectivity index (χ4v) is 4.13. The monoisotopic (exact) mass is 399 g/mol. The first-order valence-corrected chi connectivity index (χ1v) is 9.89. The van der Waals surface area contributed by atoms with Crippen molar-refractivity contribution in [1.29, 1.82) is 0 Å². The lowest BCUT2D eigenvalue weighted by molar-refractivity contribution is -0.114. The minimum atomic E-state index is -0.0801. The van der Waals surface area contributed by atoms with Crippen molar-refractivity contribution < 1.29 is 4.79 Å². The van der Waals surface area contributed by atoms with Gasteiger partial charge in [-0.2, -0.15) is 0 Å². The average molecular weight is 400 g/mol. The number of anilines is 1. The van der Waals surface area contributed by atoms with Gasteiger partial charge >= 0.3 is 0 Å². The van der Waals surface area contributed by atoms with Crippen LogP contribution in [0.5, 0.6) is 0 Å². The number of hydrogen-bond acceptors (Lipinski definition) is 4. The average Bonchev–Trinajstić information content (AvgIpc) is 3.04. The van der Waals surface area contributed by atoms with Crippen molar-refractivity contribution in [2.24, 2.45) is 0 Å². The molecular formula is C21H22ClN3OS. The van der Waals surface area contributed by atoms with Gasteiger partial charge in [-0.05, 0) is 50.4 Å². The Hall–Kier alpha value is -2.21. The number of halogens is 1. The molecule has 3 rings (SSSR count). The summed E-state index contributed by atoms with van der Waals surface area (Å²) < 4.78 is 0.990. The third kappa shape index (κ3) is 4.95. The smallest absolute Gasteiger partial charge is 0.252 e. The van der Waals surface area contributed by atoms with Gasteiger partial charge in [-0.25, -0.2) is 4.98 Å². The molecule has 0 spiro atoms. The minimum absolute atomic E-state index is 0.0801. The van der Waals surface area contributed by atoms with E-state index in [0.29, 0.717) is 16.7 Å². The SMILES string of the molecule is Cc1cc(Cl)cc2sc(N(CCN(C)C)C(=O)C=Cc3ccccc3)nc12. The van der Waals surface area contributed by atoms with E-state index >= 15 is 0 Å². The number of rotatable bonds is 6. The van der Waals surface area contributed by atoms with Crippen LogP contribution in [0.1, 0.15) is 11.1 Å². The number of carbonyl (C=O) groups is 1. The second-order valence-corrected chi connectivity index (χ2v) is 8.05. The van der Waals surface area contributed by atoms with Crippen LogP contribution < -0.4 is 4.90 Å². The molecule has 0 aliphatic heterocycles. The van der Waals surface area contributed by atoms with Crippen LogP contribution in [0.3, 0.4) is 0 Å². The Labute approximate surface area is 168 Å². The first-order valence-electron chi connectivity index (χ1n) is 8.70. The fraction of sp³-hybridized carbons (Fsp3) is 0.238. The van der Waals surface area contributed by atoms with Crippen molar-refractivity contribution in [1.82, 2.24) is 9.88 Å². The number of fused-ring (bicyclic) bond motifs is 1. The van der Waals surface area contributed by atoms with E-state index in [1.807, 2.05) is 69.6 Å². The summed E-state index contributed by atoms with van der Waals surface area (Å²) in [7, 11) is 3.98. The number of benzene rings is 2. The molecule has 1 aromatic heterocycles. The molecule has 27 heavy (non-hydrogen) atoms. The Kier molecular flexibility index (Phi) is 6.26. The van der Waals surface area contributed by atoms with Gasteiger partial charge in [0.15, 0.2) is 5.13 Å². The number of thiazole rings is 1. The molecule has 3 aromatic rings. The van der Waals surface area contributed by atoms with Crippen LogP contribution in [0.15, 0.2) is 48.5 Å². The third-order valence-electron chi connectivity index (χ3n) is 4.12. The number of hydrogen-bond donors (Lipinski definition) is 0. The second-order valence-electron chi connectivity index (χ2n) is 6.60. The van der Waals surface area contributed by atoms with Crippen LogP contribution in [0.4, 0.5) is 5.13 Å². The van der Waals surface area contributed by atoms with E-state index in [1.165, 1.54) is 11.3 Å². The lowest BCUT2D eigenvalue weighted by Crippen LogP contribution is -2.35. The van der Waals surface area contributed by atoms with Gasteiger partial charge in [0, 0.05) is 24.2 Å². The van der Waals surface area contributed by atoms with Crippen molar-refractivity contribution >= 4 is 50.3 Å². The standard InChI is InChI=1S/C21H22ClN3OS/c1-15-13-17(22)14-18-20(15)23-21(27-18)25(12-11-24(2)3)19(26)10-9-16-7-5-4-6-8-16/h4-10,13-14H,11-12H2,1-3H3. The van der Waals surface area contributed by atoms with Gasteiger partial charge in [0.1, 0.15) is 0 Å². The quantitative estimate of drug-likeness (QED) is 0.555. The predicted octanol–water partition coefficient (Wildman–Crippen LogP) is 4.87. The van der Waals surface area contributed by atoms with Gasteiger partial charge in [-0.1, -0.05) is 53.3 Å². The van der Waals surface area contributed by atoms with Gasteiger partial charge in [0.05, 0.1) is 10.2 Å². The molecule has 1 heterocycles. The molecule has 0 atom stereocenters. The van der Waals surface area contributed by atoms with E-state index in [9.17, 15) is 4.79 Å². The highest BCUT2D eigenvalue weighted by molar-refractivity contribution is 7.22. The molecular weight excluding hydrogens is 378 g/mol. The maximum atomic E-state index is 12.9. The number of nitrogens with zero attached hydrogens (tertiary/aromatic N) is 3. The van der Waals surface area contributed by atoms with Crippen molar-refractivity contribution in [2.45, 2.75) is 6.92 Å².